The summed E-state index contributed by atoms with van der Waals surface area (Å²) in [5.74, 6) is 0.750. The molecule has 0 radical (unpaired) electrons. The van der Waals surface area contributed by atoms with Crippen molar-refractivity contribution in [3.63, 3.8) is 0 Å². The monoisotopic (exact) mass is 282 g/mol. The lowest BCUT2D eigenvalue weighted by molar-refractivity contribution is 1.00. The van der Waals surface area contributed by atoms with Gasteiger partial charge in [-0.2, -0.15) is 0 Å². The summed E-state index contributed by atoms with van der Waals surface area (Å²) in [6.07, 6.45) is 1.74. The standard InChI is InChI=1S/C12H8Cl2N2S/c1-7-5-8-6-10(14)17-12(8)16(7)11-9(13)3-2-4-15-11/h2-6H,1H3. The Balaban J connectivity index is 2.36. The summed E-state index contributed by atoms with van der Waals surface area (Å²) < 4.78 is 2.81. The van der Waals surface area contributed by atoms with Gasteiger partial charge in [0.25, 0.3) is 0 Å². The lowest BCUT2D eigenvalue weighted by Gasteiger charge is -2.07. The molecule has 0 unspecified atom stereocenters. The number of halogens is 2. The number of thiophene rings is 1. The van der Waals surface area contributed by atoms with E-state index in [4.69, 9.17) is 23.2 Å². The van der Waals surface area contributed by atoms with E-state index in [2.05, 4.69) is 11.1 Å². The van der Waals surface area contributed by atoms with E-state index in [1.54, 1.807) is 6.20 Å². The van der Waals surface area contributed by atoms with Crippen LogP contribution in [0.4, 0.5) is 0 Å². The van der Waals surface area contributed by atoms with Crippen LogP contribution in [0.2, 0.25) is 9.36 Å². The van der Waals surface area contributed by atoms with E-state index >= 15 is 0 Å². The molecule has 0 amide bonds. The average molecular weight is 283 g/mol. The van der Waals surface area contributed by atoms with E-state index in [9.17, 15) is 0 Å². The maximum Gasteiger partial charge on any atom is 0.156 e. The van der Waals surface area contributed by atoms with Crippen LogP contribution in [0.15, 0.2) is 30.5 Å². The number of nitrogens with zero attached hydrogens (tertiary/aromatic N) is 2. The third kappa shape index (κ3) is 1.75. The number of fused-ring (bicyclic) bond motifs is 1. The molecule has 0 aliphatic carbocycles. The van der Waals surface area contributed by atoms with Crippen molar-refractivity contribution >= 4 is 44.8 Å². The number of hydrogen-bond donors (Lipinski definition) is 0. The van der Waals surface area contributed by atoms with Crippen molar-refractivity contribution in [2.75, 3.05) is 0 Å². The summed E-state index contributed by atoms with van der Waals surface area (Å²) in [6, 6.07) is 7.71. The van der Waals surface area contributed by atoms with Crippen molar-refractivity contribution in [1.29, 1.82) is 0 Å². The molecule has 3 aromatic heterocycles. The lowest BCUT2D eigenvalue weighted by Crippen LogP contribution is -1.98. The first kappa shape index (κ1) is 11.1. The molecule has 0 fully saturated rings. The molecular weight excluding hydrogens is 275 g/mol. The van der Waals surface area contributed by atoms with Crippen LogP contribution in [-0.4, -0.2) is 9.55 Å². The molecule has 0 spiro atoms. The van der Waals surface area contributed by atoms with Crippen LogP contribution in [0.1, 0.15) is 5.69 Å². The normalized spacial score (nSPS) is 11.2. The van der Waals surface area contributed by atoms with Crippen LogP contribution in [0, 0.1) is 6.92 Å². The van der Waals surface area contributed by atoms with E-state index < -0.39 is 0 Å². The van der Waals surface area contributed by atoms with Crippen LogP contribution in [0.5, 0.6) is 0 Å². The van der Waals surface area contributed by atoms with Crippen LogP contribution < -0.4 is 0 Å². The quantitative estimate of drug-likeness (QED) is 0.632. The van der Waals surface area contributed by atoms with Crippen LogP contribution in [0.3, 0.4) is 0 Å². The highest BCUT2D eigenvalue weighted by atomic mass is 35.5. The van der Waals surface area contributed by atoms with E-state index in [1.807, 2.05) is 29.7 Å². The molecule has 0 N–H and O–H groups in total. The van der Waals surface area contributed by atoms with Crippen LogP contribution >= 0.6 is 34.5 Å². The Morgan fingerprint density at radius 3 is 2.88 bits per heavy atom. The van der Waals surface area contributed by atoms with Crippen LogP contribution in [0.25, 0.3) is 16.0 Å². The summed E-state index contributed by atoms with van der Waals surface area (Å²) >= 11 is 13.7. The fourth-order valence-electron chi connectivity index (χ4n) is 1.90. The minimum atomic E-state index is 0.637. The van der Waals surface area contributed by atoms with Crippen LogP contribution in [-0.2, 0) is 0 Å². The number of aromatic nitrogens is 2. The zero-order chi connectivity index (χ0) is 12.0. The first-order chi connectivity index (χ1) is 8.16. The summed E-state index contributed by atoms with van der Waals surface area (Å²) in [7, 11) is 0. The van der Waals surface area contributed by atoms with Gasteiger partial charge in [-0.25, -0.2) is 4.98 Å². The Kier molecular flexibility index (Phi) is 2.62. The zero-order valence-corrected chi connectivity index (χ0v) is 11.3. The Hall–Kier alpha value is -1.03. The van der Waals surface area contributed by atoms with Gasteiger partial charge in [0.15, 0.2) is 5.82 Å². The molecule has 3 aromatic rings. The first-order valence-electron chi connectivity index (χ1n) is 5.05. The number of pyridine rings is 1. The summed E-state index contributed by atoms with van der Waals surface area (Å²) in [4.78, 5) is 5.41. The highest BCUT2D eigenvalue weighted by Crippen LogP contribution is 2.34. The maximum absolute atomic E-state index is 6.18. The van der Waals surface area contributed by atoms with Crippen molar-refractivity contribution in [3.8, 4) is 5.82 Å². The van der Waals surface area contributed by atoms with Crippen molar-refractivity contribution < 1.29 is 0 Å². The highest BCUT2D eigenvalue weighted by molar-refractivity contribution is 7.22. The SMILES string of the molecule is Cc1cc2cc(Cl)sc2n1-c1ncccc1Cl. The minimum absolute atomic E-state index is 0.637. The van der Waals surface area contributed by atoms with E-state index in [-0.39, 0.29) is 0 Å². The molecule has 0 aromatic carbocycles. The smallest absolute Gasteiger partial charge is 0.156 e. The third-order valence-electron chi connectivity index (χ3n) is 2.58. The van der Waals surface area contributed by atoms with Gasteiger partial charge in [-0.15, -0.1) is 11.3 Å². The second-order valence-corrected chi connectivity index (χ2v) is 5.81. The Labute approximate surface area is 112 Å². The van der Waals surface area contributed by atoms with Gasteiger partial charge in [0.05, 0.1) is 9.36 Å². The Morgan fingerprint density at radius 2 is 2.12 bits per heavy atom. The molecule has 0 aliphatic rings. The summed E-state index contributed by atoms with van der Waals surface area (Å²) in [5, 5.41) is 1.76. The van der Waals surface area contributed by atoms with Gasteiger partial charge in [0.2, 0.25) is 0 Å². The van der Waals surface area contributed by atoms with E-state index in [0.717, 1.165) is 26.1 Å². The van der Waals surface area contributed by atoms with Gasteiger partial charge in [0.1, 0.15) is 4.83 Å². The van der Waals surface area contributed by atoms with Gasteiger partial charge in [-0.3, -0.25) is 4.57 Å². The lowest BCUT2D eigenvalue weighted by atomic mass is 10.4. The first-order valence-corrected chi connectivity index (χ1v) is 6.62. The second-order valence-electron chi connectivity index (χ2n) is 3.74. The molecule has 86 valence electrons. The Morgan fingerprint density at radius 1 is 1.29 bits per heavy atom. The van der Waals surface area contributed by atoms with E-state index in [0.29, 0.717) is 5.02 Å². The van der Waals surface area contributed by atoms with E-state index in [1.165, 1.54) is 11.3 Å². The molecule has 2 nitrogen and oxygen atoms in total. The topological polar surface area (TPSA) is 17.8 Å². The largest absolute Gasteiger partial charge is 0.288 e. The predicted molar refractivity (Wildman–Crippen MR) is 73.7 cm³/mol. The summed E-state index contributed by atoms with van der Waals surface area (Å²) in [6.45, 7) is 2.03. The Bertz CT molecular complexity index is 700. The molecule has 0 bridgehead atoms. The van der Waals surface area contributed by atoms with Crippen molar-refractivity contribution in [2.45, 2.75) is 6.92 Å². The molecule has 3 rings (SSSR count). The van der Waals surface area contributed by atoms with Gasteiger partial charge >= 0.3 is 0 Å². The third-order valence-corrected chi connectivity index (χ3v) is 4.14. The molecule has 3 heterocycles. The number of rotatable bonds is 1. The molecule has 5 heteroatoms. The molecular formula is C12H8Cl2N2S. The summed E-state index contributed by atoms with van der Waals surface area (Å²) in [5.41, 5.74) is 1.10. The predicted octanol–water partition coefficient (Wildman–Crippen LogP) is 4.70. The average Bonchev–Trinajstić information content (AvgIpc) is 2.75. The number of aryl methyl sites for hydroxylation is 1. The second kappa shape index (κ2) is 4.02. The van der Waals surface area contributed by atoms with Crippen molar-refractivity contribution in [2.24, 2.45) is 0 Å². The molecule has 0 saturated carbocycles. The number of hydrogen-bond acceptors (Lipinski definition) is 2. The molecule has 17 heavy (non-hydrogen) atoms. The van der Waals surface area contributed by atoms with Gasteiger partial charge in [-0.1, -0.05) is 23.2 Å². The fraction of sp³-hybridized carbons (Fsp3) is 0.0833. The molecule has 0 atom stereocenters. The highest BCUT2D eigenvalue weighted by Gasteiger charge is 2.13. The molecule has 0 saturated heterocycles. The maximum atomic E-state index is 6.18. The van der Waals surface area contributed by atoms with Gasteiger partial charge in [0, 0.05) is 17.3 Å². The minimum Gasteiger partial charge on any atom is -0.288 e. The van der Waals surface area contributed by atoms with Crippen molar-refractivity contribution in [1.82, 2.24) is 9.55 Å². The van der Waals surface area contributed by atoms with Gasteiger partial charge < -0.3 is 0 Å². The zero-order valence-electron chi connectivity index (χ0n) is 8.95. The fourth-order valence-corrected chi connectivity index (χ4v) is 3.37. The molecule has 0 aliphatic heterocycles. The van der Waals surface area contributed by atoms with Gasteiger partial charge in [-0.05, 0) is 31.2 Å². The van der Waals surface area contributed by atoms with Crippen molar-refractivity contribution in [3.05, 3.63) is 45.5 Å².